The molecule has 104 valence electrons. The number of likely N-dealkylation sites (N-methyl/N-ethyl adjacent to an activating group) is 1. The summed E-state index contributed by atoms with van der Waals surface area (Å²) in [5.41, 5.74) is 0. The molecule has 19 heavy (non-hydrogen) atoms. The molecule has 0 aliphatic rings. The van der Waals surface area contributed by atoms with Gasteiger partial charge in [0.05, 0.1) is 13.0 Å². The van der Waals surface area contributed by atoms with Crippen molar-refractivity contribution in [3.05, 3.63) is 30.3 Å². The minimum absolute atomic E-state index is 0.0832. The molecule has 1 aromatic rings. The Morgan fingerprint density at radius 3 is 2.63 bits per heavy atom. The van der Waals surface area contributed by atoms with E-state index in [0.717, 1.165) is 5.75 Å². The van der Waals surface area contributed by atoms with Crippen LogP contribution in [0.2, 0.25) is 0 Å². The summed E-state index contributed by atoms with van der Waals surface area (Å²) in [6.07, 6.45) is -0.0832. The lowest BCUT2D eigenvalue weighted by atomic mass is 10.3. The van der Waals surface area contributed by atoms with E-state index in [1.807, 2.05) is 30.3 Å². The van der Waals surface area contributed by atoms with Gasteiger partial charge in [-0.05, 0) is 12.1 Å². The highest BCUT2D eigenvalue weighted by atomic mass is 16.5. The van der Waals surface area contributed by atoms with Gasteiger partial charge in [0, 0.05) is 13.6 Å². The Kier molecular flexibility index (Phi) is 6.21. The minimum atomic E-state index is -0.935. The van der Waals surface area contributed by atoms with Crippen LogP contribution >= 0.6 is 0 Å². The van der Waals surface area contributed by atoms with Gasteiger partial charge in [-0.3, -0.25) is 4.79 Å². The number of para-hydroxylation sites is 1. The Bertz CT molecular complexity index is 408. The van der Waals surface area contributed by atoms with Gasteiger partial charge < -0.3 is 20.1 Å². The Morgan fingerprint density at radius 1 is 1.32 bits per heavy atom. The third-order valence-corrected chi connectivity index (χ3v) is 2.40. The number of rotatable bonds is 7. The number of hydrogen-bond donors (Lipinski definition) is 2. The van der Waals surface area contributed by atoms with Crippen LogP contribution in [0, 0.1) is 0 Å². The molecule has 0 saturated carbocycles. The van der Waals surface area contributed by atoms with Crippen LogP contribution in [0.3, 0.4) is 0 Å². The molecule has 1 aromatic carbocycles. The number of aliphatic carboxylic acids is 1. The first-order valence-electron chi connectivity index (χ1n) is 5.98. The van der Waals surface area contributed by atoms with Gasteiger partial charge in [-0.2, -0.15) is 0 Å². The third kappa shape index (κ3) is 6.30. The summed E-state index contributed by atoms with van der Waals surface area (Å²) in [5, 5.41) is 11.0. The van der Waals surface area contributed by atoms with Crippen molar-refractivity contribution in [3.8, 4) is 5.75 Å². The quantitative estimate of drug-likeness (QED) is 0.776. The highest BCUT2D eigenvalue weighted by molar-refractivity contribution is 5.74. The lowest BCUT2D eigenvalue weighted by molar-refractivity contribution is -0.136. The zero-order valence-electron chi connectivity index (χ0n) is 10.8. The number of nitrogens with zero attached hydrogens (tertiary/aromatic N) is 1. The van der Waals surface area contributed by atoms with Gasteiger partial charge in [0.1, 0.15) is 12.4 Å². The van der Waals surface area contributed by atoms with Crippen LogP contribution in [-0.2, 0) is 4.79 Å². The SMILES string of the molecule is CN(CCOc1ccccc1)C(=O)NCCC(=O)O. The second-order valence-electron chi connectivity index (χ2n) is 3.96. The maximum atomic E-state index is 11.5. The fraction of sp³-hybridized carbons (Fsp3) is 0.385. The Labute approximate surface area is 112 Å². The number of carboxylic acid groups (broad SMARTS) is 1. The fourth-order valence-electron chi connectivity index (χ4n) is 1.33. The first-order chi connectivity index (χ1) is 9.09. The van der Waals surface area contributed by atoms with E-state index in [1.54, 1.807) is 7.05 Å². The molecule has 0 unspecified atom stereocenters. The van der Waals surface area contributed by atoms with Crippen molar-refractivity contribution in [3.63, 3.8) is 0 Å². The Morgan fingerprint density at radius 2 is 2.00 bits per heavy atom. The molecule has 2 amide bonds. The molecule has 0 spiro atoms. The van der Waals surface area contributed by atoms with E-state index in [1.165, 1.54) is 4.90 Å². The fourth-order valence-corrected chi connectivity index (χ4v) is 1.33. The number of nitrogens with one attached hydrogen (secondary N) is 1. The van der Waals surface area contributed by atoms with E-state index in [0.29, 0.717) is 13.2 Å². The van der Waals surface area contributed by atoms with E-state index < -0.39 is 5.97 Å². The highest BCUT2D eigenvalue weighted by Gasteiger charge is 2.08. The number of benzene rings is 1. The van der Waals surface area contributed by atoms with E-state index in [-0.39, 0.29) is 19.0 Å². The Hall–Kier alpha value is -2.24. The average molecular weight is 266 g/mol. The van der Waals surface area contributed by atoms with Crippen molar-refractivity contribution in [1.82, 2.24) is 10.2 Å². The standard InChI is InChI=1S/C13H18N2O4/c1-15(13(18)14-8-7-12(16)17)9-10-19-11-5-3-2-4-6-11/h2-6H,7-10H2,1H3,(H,14,18)(H,16,17). The summed E-state index contributed by atoms with van der Waals surface area (Å²) in [6.45, 7) is 0.929. The zero-order valence-corrected chi connectivity index (χ0v) is 10.8. The summed E-state index contributed by atoms with van der Waals surface area (Å²) >= 11 is 0. The van der Waals surface area contributed by atoms with Crippen molar-refractivity contribution >= 4 is 12.0 Å². The Balaban J connectivity index is 2.18. The molecule has 0 saturated heterocycles. The van der Waals surface area contributed by atoms with Gasteiger partial charge >= 0.3 is 12.0 Å². The summed E-state index contributed by atoms with van der Waals surface area (Å²) in [6, 6.07) is 9.02. The molecular formula is C13H18N2O4. The predicted octanol–water partition coefficient (Wildman–Crippen LogP) is 1.18. The molecule has 2 N–H and O–H groups in total. The first kappa shape index (κ1) is 14.8. The molecule has 0 heterocycles. The van der Waals surface area contributed by atoms with Gasteiger partial charge in [0.15, 0.2) is 0 Å². The number of hydrogen-bond acceptors (Lipinski definition) is 3. The van der Waals surface area contributed by atoms with E-state index >= 15 is 0 Å². The number of urea groups is 1. The highest BCUT2D eigenvalue weighted by Crippen LogP contribution is 2.07. The smallest absolute Gasteiger partial charge is 0.317 e. The van der Waals surface area contributed by atoms with E-state index in [9.17, 15) is 9.59 Å². The van der Waals surface area contributed by atoms with Crippen molar-refractivity contribution in [1.29, 1.82) is 0 Å². The van der Waals surface area contributed by atoms with Gasteiger partial charge in [-0.1, -0.05) is 18.2 Å². The van der Waals surface area contributed by atoms with Crippen LogP contribution in [0.4, 0.5) is 4.79 Å². The molecule has 1 rings (SSSR count). The molecule has 0 atom stereocenters. The second-order valence-corrected chi connectivity index (χ2v) is 3.96. The average Bonchev–Trinajstić information content (AvgIpc) is 2.39. The molecule has 6 nitrogen and oxygen atoms in total. The summed E-state index contributed by atoms with van der Waals surface area (Å²) in [5.74, 6) is -0.183. The van der Waals surface area contributed by atoms with Crippen molar-refractivity contribution < 1.29 is 19.4 Å². The van der Waals surface area contributed by atoms with Gasteiger partial charge in [-0.25, -0.2) is 4.79 Å². The van der Waals surface area contributed by atoms with Crippen LogP contribution in [0.1, 0.15) is 6.42 Å². The number of ether oxygens (including phenoxy) is 1. The number of amides is 2. The molecule has 0 aliphatic carbocycles. The zero-order chi connectivity index (χ0) is 14.1. The number of carboxylic acids is 1. The minimum Gasteiger partial charge on any atom is -0.492 e. The molecule has 0 aliphatic heterocycles. The van der Waals surface area contributed by atoms with Crippen molar-refractivity contribution in [2.45, 2.75) is 6.42 Å². The number of carbonyl (C=O) groups is 2. The van der Waals surface area contributed by atoms with Crippen LogP contribution in [0.15, 0.2) is 30.3 Å². The molecule has 0 fully saturated rings. The normalized spacial score (nSPS) is 9.74. The topological polar surface area (TPSA) is 78.9 Å². The molecule has 0 aromatic heterocycles. The van der Waals surface area contributed by atoms with Crippen molar-refractivity contribution in [2.24, 2.45) is 0 Å². The summed E-state index contributed by atoms with van der Waals surface area (Å²) < 4.78 is 5.45. The first-order valence-corrected chi connectivity index (χ1v) is 5.98. The lowest BCUT2D eigenvalue weighted by Gasteiger charge is -2.17. The molecular weight excluding hydrogens is 248 g/mol. The maximum Gasteiger partial charge on any atom is 0.317 e. The van der Waals surface area contributed by atoms with Gasteiger partial charge in [0.25, 0.3) is 0 Å². The van der Waals surface area contributed by atoms with Crippen LogP contribution in [-0.4, -0.2) is 48.8 Å². The lowest BCUT2D eigenvalue weighted by Crippen LogP contribution is -2.40. The third-order valence-electron chi connectivity index (χ3n) is 2.40. The largest absolute Gasteiger partial charge is 0.492 e. The maximum absolute atomic E-state index is 11.5. The monoisotopic (exact) mass is 266 g/mol. The number of carbonyl (C=O) groups excluding carboxylic acids is 1. The van der Waals surface area contributed by atoms with E-state index in [4.69, 9.17) is 9.84 Å². The molecule has 0 bridgehead atoms. The van der Waals surface area contributed by atoms with Crippen LogP contribution in [0.5, 0.6) is 5.75 Å². The van der Waals surface area contributed by atoms with Crippen LogP contribution < -0.4 is 10.1 Å². The van der Waals surface area contributed by atoms with Gasteiger partial charge in [-0.15, -0.1) is 0 Å². The summed E-state index contributed by atoms with van der Waals surface area (Å²) in [7, 11) is 1.63. The summed E-state index contributed by atoms with van der Waals surface area (Å²) in [4.78, 5) is 23.3. The van der Waals surface area contributed by atoms with Crippen LogP contribution in [0.25, 0.3) is 0 Å². The molecule has 0 radical (unpaired) electrons. The van der Waals surface area contributed by atoms with Gasteiger partial charge in [0.2, 0.25) is 0 Å². The molecule has 6 heteroatoms. The predicted molar refractivity (Wildman–Crippen MR) is 70.2 cm³/mol. The second kappa shape index (κ2) is 7.97. The van der Waals surface area contributed by atoms with E-state index in [2.05, 4.69) is 5.32 Å². The van der Waals surface area contributed by atoms with Crippen molar-refractivity contribution in [2.75, 3.05) is 26.7 Å².